The third-order valence-corrected chi connectivity index (χ3v) is 5.33. The van der Waals surface area contributed by atoms with E-state index in [4.69, 9.17) is 0 Å². The average molecular weight is 336 g/mol. The zero-order valence-electron chi connectivity index (χ0n) is 12.3. The molecule has 0 radical (unpaired) electrons. The second kappa shape index (κ2) is 6.32. The van der Waals surface area contributed by atoms with E-state index in [1.807, 2.05) is 0 Å². The van der Waals surface area contributed by atoms with Gasteiger partial charge in [0.05, 0.1) is 11.4 Å². The van der Waals surface area contributed by atoms with Crippen LogP contribution in [0.2, 0.25) is 0 Å². The van der Waals surface area contributed by atoms with Gasteiger partial charge in [-0.3, -0.25) is 9.10 Å². The van der Waals surface area contributed by atoms with Crippen LogP contribution in [0.25, 0.3) is 0 Å². The van der Waals surface area contributed by atoms with E-state index >= 15 is 0 Å². The normalized spacial score (nSPS) is 17.0. The predicted molar refractivity (Wildman–Crippen MR) is 83.3 cm³/mol. The first-order valence-electron chi connectivity index (χ1n) is 7.16. The molecule has 9 nitrogen and oxygen atoms in total. The molecular weight excluding hydrogens is 320 g/mol. The molecule has 1 aliphatic heterocycles. The van der Waals surface area contributed by atoms with Crippen LogP contribution in [0.5, 0.6) is 0 Å². The van der Waals surface area contributed by atoms with E-state index in [9.17, 15) is 13.2 Å². The Labute approximate surface area is 133 Å². The summed E-state index contributed by atoms with van der Waals surface area (Å²) < 4.78 is 27.0. The molecular formula is C13H16N6O3S. The first-order chi connectivity index (χ1) is 11.0. The molecule has 23 heavy (non-hydrogen) atoms. The van der Waals surface area contributed by atoms with Crippen molar-refractivity contribution in [3.05, 3.63) is 30.6 Å². The molecule has 2 aromatic rings. The molecule has 122 valence electrons. The summed E-state index contributed by atoms with van der Waals surface area (Å²) >= 11 is 0. The molecule has 2 heterocycles. The van der Waals surface area contributed by atoms with Gasteiger partial charge < -0.3 is 5.32 Å². The highest BCUT2D eigenvalue weighted by atomic mass is 32.2. The van der Waals surface area contributed by atoms with Gasteiger partial charge in [-0.2, -0.15) is 0 Å². The second-order valence-corrected chi connectivity index (χ2v) is 7.21. The van der Waals surface area contributed by atoms with Gasteiger partial charge in [0, 0.05) is 12.2 Å². The lowest BCUT2D eigenvalue weighted by atomic mass is 10.2. The molecule has 1 aromatic heterocycles. The summed E-state index contributed by atoms with van der Waals surface area (Å²) in [7, 11) is -3.27. The van der Waals surface area contributed by atoms with Crippen molar-refractivity contribution in [2.75, 3.05) is 21.9 Å². The maximum absolute atomic E-state index is 12.1. The Balaban J connectivity index is 1.73. The molecule has 1 aromatic carbocycles. The van der Waals surface area contributed by atoms with Gasteiger partial charge in [-0.15, -0.1) is 5.10 Å². The summed E-state index contributed by atoms with van der Waals surface area (Å²) in [5, 5.41) is 13.2. The van der Waals surface area contributed by atoms with Crippen molar-refractivity contribution in [2.24, 2.45) is 0 Å². The quantitative estimate of drug-likeness (QED) is 0.856. The molecule has 10 heteroatoms. The van der Waals surface area contributed by atoms with E-state index in [1.165, 1.54) is 15.3 Å². The fourth-order valence-electron chi connectivity index (χ4n) is 2.42. The van der Waals surface area contributed by atoms with Gasteiger partial charge in [0.25, 0.3) is 0 Å². The summed E-state index contributed by atoms with van der Waals surface area (Å²) in [6.07, 6.45) is 2.85. The van der Waals surface area contributed by atoms with E-state index < -0.39 is 10.0 Å². The second-order valence-electron chi connectivity index (χ2n) is 5.20. The van der Waals surface area contributed by atoms with Crippen LogP contribution >= 0.6 is 0 Å². The molecule has 1 fully saturated rings. The maximum atomic E-state index is 12.1. The highest BCUT2D eigenvalue weighted by Crippen LogP contribution is 2.25. The highest BCUT2D eigenvalue weighted by Gasteiger charge is 2.26. The third kappa shape index (κ3) is 3.65. The minimum absolute atomic E-state index is 0.0146. The van der Waals surface area contributed by atoms with E-state index in [0.29, 0.717) is 24.3 Å². The smallest absolute Gasteiger partial charge is 0.246 e. The fraction of sp³-hybridized carbons (Fsp3) is 0.385. The number of aromatic nitrogens is 4. The summed E-state index contributed by atoms with van der Waals surface area (Å²) in [4.78, 5) is 11.9. The Kier molecular flexibility index (Phi) is 4.24. The molecule has 0 unspecified atom stereocenters. The van der Waals surface area contributed by atoms with Crippen LogP contribution in [-0.4, -0.2) is 46.8 Å². The van der Waals surface area contributed by atoms with Gasteiger partial charge in [0.2, 0.25) is 15.9 Å². The van der Waals surface area contributed by atoms with Crippen molar-refractivity contribution in [2.45, 2.75) is 19.4 Å². The Bertz CT molecular complexity index is 790. The number of nitrogens with one attached hydrogen (secondary N) is 1. The van der Waals surface area contributed by atoms with Crippen molar-refractivity contribution in [1.82, 2.24) is 20.2 Å². The number of tetrazole rings is 1. The lowest BCUT2D eigenvalue weighted by Crippen LogP contribution is -2.37. The number of hydrogen-bond acceptors (Lipinski definition) is 6. The minimum Gasteiger partial charge on any atom is -0.324 e. The Hall–Kier alpha value is -2.49. The van der Waals surface area contributed by atoms with Crippen LogP contribution in [0.3, 0.4) is 0 Å². The van der Waals surface area contributed by atoms with Crippen LogP contribution in [0.1, 0.15) is 12.8 Å². The molecule has 0 saturated carbocycles. The molecule has 1 aliphatic rings. The largest absolute Gasteiger partial charge is 0.324 e. The van der Waals surface area contributed by atoms with Gasteiger partial charge in [-0.1, -0.05) is 6.07 Å². The Morgan fingerprint density at radius 2 is 2.17 bits per heavy atom. The molecule has 3 rings (SSSR count). The highest BCUT2D eigenvalue weighted by molar-refractivity contribution is 7.92. The van der Waals surface area contributed by atoms with E-state index in [2.05, 4.69) is 20.8 Å². The van der Waals surface area contributed by atoms with Gasteiger partial charge in [-0.05, 0) is 41.5 Å². The number of anilines is 2. The van der Waals surface area contributed by atoms with E-state index in [1.54, 1.807) is 24.3 Å². The Morgan fingerprint density at radius 1 is 1.30 bits per heavy atom. The lowest BCUT2D eigenvalue weighted by molar-refractivity contribution is -0.116. The van der Waals surface area contributed by atoms with Crippen LogP contribution in [0, 0.1) is 0 Å². The zero-order chi connectivity index (χ0) is 16.3. The van der Waals surface area contributed by atoms with Crippen molar-refractivity contribution >= 4 is 27.3 Å². The standard InChI is InChI=1S/C13H16N6O3S/c20-13(9-18-10-14-16-17-18)15-11-4-3-5-12(8-11)19-6-1-2-7-23(19,21)22/h3-5,8,10H,1-2,6-7,9H2,(H,15,20). The monoisotopic (exact) mass is 336 g/mol. The SMILES string of the molecule is O=C(Cn1cnnn1)Nc1cccc(N2CCCCS2(=O)=O)c1. The molecule has 0 spiro atoms. The third-order valence-electron chi connectivity index (χ3n) is 3.46. The number of hydrogen-bond donors (Lipinski definition) is 1. The van der Waals surface area contributed by atoms with Gasteiger partial charge in [-0.25, -0.2) is 13.1 Å². The number of carbonyl (C=O) groups is 1. The lowest BCUT2D eigenvalue weighted by Gasteiger charge is -2.28. The predicted octanol–water partition coefficient (Wildman–Crippen LogP) is 0.242. The van der Waals surface area contributed by atoms with Crippen LogP contribution < -0.4 is 9.62 Å². The summed E-state index contributed by atoms with van der Waals surface area (Å²) in [6.45, 7) is 0.448. The van der Waals surface area contributed by atoms with Gasteiger partial charge >= 0.3 is 0 Å². The first-order valence-corrected chi connectivity index (χ1v) is 8.77. The average Bonchev–Trinajstić information content (AvgIpc) is 2.99. The van der Waals surface area contributed by atoms with Gasteiger partial charge in [0.15, 0.2) is 0 Å². The Morgan fingerprint density at radius 3 is 2.91 bits per heavy atom. The molecule has 0 aliphatic carbocycles. The van der Waals surface area contributed by atoms with Gasteiger partial charge in [0.1, 0.15) is 12.9 Å². The van der Waals surface area contributed by atoms with Crippen molar-refractivity contribution < 1.29 is 13.2 Å². The summed E-state index contributed by atoms with van der Waals surface area (Å²) in [5.41, 5.74) is 1.09. The van der Waals surface area contributed by atoms with Crippen LogP contribution in [0.15, 0.2) is 30.6 Å². The number of carbonyl (C=O) groups excluding carboxylic acids is 1. The molecule has 1 N–H and O–H groups in total. The van der Waals surface area contributed by atoms with Crippen LogP contribution in [-0.2, 0) is 21.4 Å². The van der Waals surface area contributed by atoms with Crippen molar-refractivity contribution in [1.29, 1.82) is 0 Å². The zero-order valence-corrected chi connectivity index (χ0v) is 13.1. The maximum Gasteiger partial charge on any atom is 0.246 e. The minimum atomic E-state index is -3.27. The number of sulfonamides is 1. The summed E-state index contributed by atoms with van der Waals surface area (Å²) in [5.74, 6) is -0.140. The molecule has 0 atom stereocenters. The van der Waals surface area contributed by atoms with Crippen molar-refractivity contribution in [3.63, 3.8) is 0 Å². The molecule has 1 saturated heterocycles. The summed E-state index contributed by atoms with van der Waals surface area (Å²) in [6, 6.07) is 6.80. The molecule has 0 bridgehead atoms. The number of rotatable bonds is 4. The number of benzene rings is 1. The van der Waals surface area contributed by atoms with E-state index in [-0.39, 0.29) is 18.2 Å². The van der Waals surface area contributed by atoms with Crippen molar-refractivity contribution in [3.8, 4) is 0 Å². The number of amides is 1. The topological polar surface area (TPSA) is 110 Å². The van der Waals surface area contributed by atoms with E-state index in [0.717, 1.165) is 6.42 Å². The number of nitrogens with zero attached hydrogens (tertiary/aromatic N) is 5. The van der Waals surface area contributed by atoms with Crippen LogP contribution in [0.4, 0.5) is 11.4 Å². The first kappa shape index (κ1) is 15.4. The fourth-order valence-corrected chi connectivity index (χ4v) is 4.05. The molecule has 1 amide bonds.